The first-order valence-electron chi connectivity index (χ1n) is 7.08. The van der Waals surface area contributed by atoms with E-state index in [0.29, 0.717) is 6.54 Å². The van der Waals surface area contributed by atoms with E-state index >= 15 is 0 Å². The molecular weight excluding hydrogens is 312 g/mol. The van der Waals surface area contributed by atoms with Gasteiger partial charge in [0.15, 0.2) is 0 Å². The highest BCUT2D eigenvalue weighted by molar-refractivity contribution is 9.10. The second-order valence-corrected chi connectivity index (χ2v) is 6.12. The van der Waals surface area contributed by atoms with Crippen LogP contribution in [0.3, 0.4) is 0 Å². The van der Waals surface area contributed by atoms with E-state index in [9.17, 15) is 0 Å². The van der Waals surface area contributed by atoms with Crippen molar-refractivity contribution < 1.29 is 0 Å². The quantitative estimate of drug-likeness (QED) is 0.933. The Morgan fingerprint density at radius 1 is 1.10 bits per heavy atom. The van der Waals surface area contributed by atoms with Crippen LogP contribution in [-0.4, -0.2) is 13.1 Å². The maximum Gasteiger partial charge on any atom is 0.0513 e. The molecule has 0 aromatic heterocycles. The number of nitrogens with zero attached hydrogens (tertiary/aromatic N) is 1. The lowest BCUT2D eigenvalue weighted by molar-refractivity contribution is 0.730. The average molecular weight is 331 g/mol. The molecule has 0 atom stereocenters. The molecule has 3 heteroatoms. The summed E-state index contributed by atoms with van der Waals surface area (Å²) in [5.41, 5.74) is 11.1. The summed E-state index contributed by atoms with van der Waals surface area (Å²) in [5.74, 6) is 0. The Labute approximate surface area is 128 Å². The molecule has 0 spiro atoms. The molecule has 104 valence electrons. The van der Waals surface area contributed by atoms with E-state index in [1.165, 1.54) is 26.9 Å². The first-order valence-corrected chi connectivity index (χ1v) is 7.87. The topological polar surface area (TPSA) is 29.3 Å². The summed E-state index contributed by atoms with van der Waals surface area (Å²) in [6.45, 7) is 2.76. The molecule has 1 aliphatic rings. The summed E-state index contributed by atoms with van der Waals surface area (Å²) in [5, 5.41) is 0. The van der Waals surface area contributed by atoms with Crippen molar-refractivity contribution in [3.05, 3.63) is 63.6 Å². The fourth-order valence-electron chi connectivity index (χ4n) is 2.83. The van der Waals surface area contributed by atoms with Crippen molar-refractivity contribution in [3.63, 3.8) is 0 Å². The van der Waals surface area contributed by atoms with Gasteiger partial charge < -0.3 is 10.6 Å². The largest absolute Gasteiger partial charge is 0.366 e. The van der Waals surface area contributed by atoms with E-state index in [0.717, 1.165) is 25.9 Å². The first kappa shape index (κ1) is 13.7. The molecule has 0 fully saturated rings. The highest BCUT2D eigenvalue weighted by atomic mass is 79.9. The number of rotatable bonds is 3. The third-order valence-corrected chi connectivity index (χ3v) is 4.55. The van der Waals surface area contributed by atoms with Gasteiger partial charge in [-0.25, -0.2) is 0 Å². The van der Waals surface area contributed by atoms with E-state index in [1.54, 1.807) is 0 Å². The molecule has 2 nitrogen and oxygen atoms in total. The lowest BCUT2D eigenvalue weighted by Gasteiger charge is -2.31. The number of hydrogen-bond donors (Lipinski definition) is 1. The third kappa shape index (κ3) is 2.74. The monoisotopic (exact) mass is 330 g/mol. The summed E-state index contributed by atoms with van der Waals surface area (Å²) < 4.78 is 1.17. The molecule has 0 saturated carbocycles. The second-order valence-electron chi connectivity index (χ2n) is 5.26. The zero-order valence-corrected chi connectivity index (χ0v) is 13.1. The van der Waals surface area contributed by atoms with E-state index < -0.39 is 0 Å². The molecule has 2 aromatic rings. The van der Waals surface area contributed by atoms with E-state index in [1.807, 2.05) is 0 Å². The van der Waals surface area contributed by atoms with Crippen molar-refractivity contribution in [1.29, 1.82) is 0 Å². The van der Waals surface area contributed by atoms with Crippen LogP contribution < -0.4 is 10.6 Å². The van der Waals surface area contributed by atoms with Crippen molar-refractivity contribution in [1.82, 2.24) is 0 Å². The second kappa shape index (κ2) is 5.98. The molecule has 0 amide bonds. The van der Waals surface area contributed by atoms with Crippen LogP contribution in [-0.2, 0) is 19.4 Å². The molecule has 0 aliphatic carbocycles. The molecular formula is C17H19BrN2. The van der Waals surface area contributed by atoms with Gasteiger partial charge in [-0.1, -0.05) is 30.3 Å². The normalized spacial score (nSPS) is 14.2. The Morgan fingerprint density at radius 3 is 2.65 bits per heavy atom. The van der Waals surface area contributed by atoms with Crippen LogP contribution in [0.4, 0.5) is 5.69 Å². The van der Waals surface area contributed by atoms with Gasteiger partial charge in [0.1, 0.15) is 0 Å². The maximum absolute atomic E-state index is 5.62. The van der Waals surface area contributed by atoms with Crippen LogP contribution in [0.2, 0.25) is 0 Å². The number of hydrogen-bond acceptors (Lipinski definition) is 2. The Morgan fingerprint density at radius 2 is 1.90 bits per heavy atom. The highest BCUT2D eigenvalue weighted by Crippen LogP contribution is 2.31. The molecule has 3 rings (SSSR count). The van der Waals surface area contributed by atoms with Crippen LogP contribution in [0, 0.1) is 0 Å². The van der Waals surface area contributed by atoms with Gasteiger partial charge in [0.25, 0.3) is 0 Å². The Bertz CT molecular complexity index is 610. The zero-order valence-electron chi connectivity index (χ0n) is 11.5. The van der Waals surface area contributed by atoms with Crippen LogP contribution in [0.15, 0.2) is 46.9 Å². The van der Waals surface area contributed by atoms with Gasteiger partial charge in [-0.2, -0.15) is 0 Å². The van der Waals surface area contributed by atoms with Gasteiger partial charge >= 0.3 is 0 Å². The van der Waals surface area contributed by atoms with Crippen molar-refractivity contribution in [2.75, 3.05) is 18.0 Å². The standard InChI is InChI=1S/C17H19BrN2/c18-16-11-13(7-9-19)5-6-17(16)20-10-8-14-3-1-2-4-15(14)12-20/h1-6,11H,7-10,12,19H2. The lowest BCUT2D eigenvalue weighted by atomic mass is 9.99. The predicted molar refractivity (Wildman–Crippen MR) is 88.1 cm³/mol. The molecule has 0 unspecified atom stereocenters. The Kier molecular flexibility index (Phi) is 4.08. The molecule has 20 heavy (non-hydrogen) atoms. The highest BCUT2D eigenvalue weighted by Gasteiger charge is 2.17. The minimum Gasteiger partial charge on any atom is -0.366 e. The molecule has 0 radical (unpaired) electrons. The number of benzene rings is 2. The van der Waals surface area contributed by atoms with Crippen molar-refractivity contribution in [2.24, 2.45) is 5.73 Å². The SMILES string of the molecule is NCCc1ccc(N2CCc3ccccc3C2)c(Br)c1. The van der Waals surface area contributed by atoms with E-state index in [4.69, 9.17) is 5.73 Å². The maximum atomic E-state index is 5.62. The van der Waals surface area contributed by atoms with Gasteiger partial charge in [0.2, 0.25) is 0 Å². The molecule has 2 aromatic carbocycles. The molecule has 2 N–H and O–H groups in total. The number of halogens is 1. The third-order valence-electron chi connectivity index (χ3n) is 3.92. The van der Waals surface area contributed by atoms with E-state index in [2.05, 4.69) is 63.3 Å². The number of fused-ring (bicyclic) bond motifs is 1. The van der Waals surface area contributed by atoms with Crippen LogP contribution in [0.1, 0.15) is 16.7 Å². The summed E-state index contributed by atoms with van der Waals surface area (Å²) in [6.07, 6.45) is 2.05. The summed E-state index contributed by atoms with van der Waals surface area (Å²) in [4.78, 5) is 2.44. The lowest BCUT2D eigenvalue weighted by Crippen LogP contribution is -2.30. The first-order chi connectivity index (χ1) is 9.78. The predicted octanol–water partition coefficient (Wildman–Crippen LogP) is 3.51. The smallest absolute Gasteiger partial charge is 0.0513 e. The Hall–Kier alpha value is -1.32. The number of anilines is 1. The zero-order chi connectivity index (χ0) is 13.9. The summed E-state index contributed by atoms with van der Waals surface area (Å²) in [7, 11) is 0. The van der Waals surface area contributed by atoms with Crippen LogP contribution in [0.25, 0.3) is 0 Å². The van der Waals surface area contributed by atoms with Gasteiger partial charge in [0.05, 0.1) is 5.69 Å². The molecule has 0 bridgehead atoms. The van der Waals surface area contributed by atoms with Crippen LogP contribution >= 0.6 is 15.9 Å². The van der Waals surface area contributed by atoms with E-state index in [-0.39, 0.29) is 0 Å². The number of nitrogens with two attached hydrogens (primary N) is 1. The fraction of sp³-hybridized carbons (Fsp3) is 0.294. The average Bonchev–Trinajstić information content (AvgIpc) is 2.47. The summed E-state index contributed by atoms with van der Waals surface area (Å²) in [6, 6.07) is 15.3. The molecule has 1 aliphatic heterocycles. The van der Waals surface area contributed by atoms with Gasteiger partial charge in [-0.15, -0.1) is 0 Å². The van der Waals surface area contributed by atoms with Crippen molar-refractivity contribution in [2.45, 2.75) is 19.4 Å². The van der Waals surface area contributed by atoms with Gasteiger partial charge in [-0.05, 0) is 64.1 Å². The van der Waals surface area contributed by atoms with Crippen LogP contribution in [0.5, 0.6) is 0 Å². The van der Waals surface area contributed by atoms with Crippen molar-refractivity contribution >= 4 is 21.6 Å². The van der Waals surface area contributed by atoms with Gasteiger partial charge in [-0.3, -0.25) is 0 Å². The van der Waals surface area contributed by atoms with Crippen molar-refractivity contribution in [3.8, 4) is 0 Å². The molecule has 0 saturated heterocycles. The minimum atomic E-state index is 0.697. The summed E-state index contributed by atoms with van der Waals surface area (Å²) >= 11 is 3.71. The Balaban J connectivity index is 1.84. The fourth-order valence-corrected chi connectivity index (χ4v) is 3.51. The van der Waals surface area contributed by atoms with Gasteiger partial charge in [0, 0.05) is 17.6 Å². The minimum absolute atomic E-state index is 0.697. The molecule has 1 heterocycles.